The summed E-state index contributed by atoms with van der Waals surface area (Å²) in [5.41, 5.74) is 2.97. The minimum Gasteiger partial charge on any atom is -0.454 e. The Morgan fingerprint density at radius 2 is 1.58 bits per heavy atom. The molecule has 3 atom stereocenters. The van der Waals surface area contributed by atoms with Crippen molar-refractivity contribution in [2.75, 3.05) is 11.5 Å². The molecule has 0 saturated carbocycles. The third-order valence-corrected chi connectivity index (χ3v) is 6.86. The molecule has 3 aromatic carbocycles. The topological polar surface area (TPSA) is 80.8 Å². The smallest absolute Gasteiger partial charge is 0.338 e. The van der Waals surface area contributed by atoms with E-state index in [0.29, 0.717) is 17.7 Å². The number of anilines is 1. The van der Waals surface area contributed by atoms with E-state index in [0.717, 1.165) is 11.1 Å². The summed E-state index contributed by atoms with van der Waals surface area (Å²) in [4.78, 5) is 52.5. The molecule has 1 aliphatic heterocycles. The lowest BCUT2D eigenvalue weighted by Crippen LogP contribution is -2.31. The van der Waals surface area contributed by atoms with Crippen molar-refractivity contribution in [1.82, 2.24) is 0 Å². The van der Waals surface area contributed by atoms with Crippen LogP contribution in [0.5, 0.6) is 0 Å². The van der Waals surface area contributed by atoms with Crippen LogP contribution in [0.15, 0.2) is 91.0 Å². The van der Waals surface area contributed by atoms with E-state index < -0.39 is 12.6 Å². The monoisotopic (exact) mass is 479 g/mol. The summed E-state index contributed by atoms with van der Waals surface area (Å²) in [6.07, 6.45) is 4.45. The fourth-order valence-electron chi connectivity index (χ4n) is 4.95. The fourth-order valence-corrected chi connectivity index (χ4v) is 4.95. The Labute approximate surface area is 209 Å². The van der Waals surface area contributed by atoms with Crippen LogP contribution in [0.3, 0.4) is 0 Å². The first kappa shape index (κ1) is 23.4. The molecule has 0 bridgehead atoms. The van der Waals surface area contributed by atoms with Crippen LogP contribution >= 0.6 is 0 Å². The Hall–Kier alpha value is -4.32. The second kappa shape index (κ2) is 9.74. The molecular formula is C30H25NO5. The Morgan fingerprint density at radius 3 is 2.31 bits per heavy atom. The Morgan fingerprint density at radius 1 is 0.861 bits per heavy atom. The number of carbonyl (C=O) groups is 4. The number of allylic oxidation sites excluding steroid dienone is 2. The molecule has 36 heavy (non-hydrogen) atoms. The molecule has 0 spiro atoms. The quantitative estimate of drug-likeness (QED) is 0.213. The Kier molecular flexibility index (Phi) is 6.34. The van der Waals surface area contributed by atoms with Crippen LogP contribution < -0.4 is 4.90 Å². The predicted octanol–water partition coefficient (Wildman–Crippen LogP) is 5.09. The Balaban J connectivity index is 1.25. The standard InChI is InChI=1S/C30H25NO5/c1-19-7-5-12-25-27(19)29(34)31(28(25)33)24-11-6-10-23(17-24)30(35)36-18-26(32)22-15-13-21(14-16-22)20-8-3-2-4-9-20/h2-11,13-17,19,25,27H,12,18H2,1H3/t19-,25-,27+/m0/s1. The molecule has 2 amide bonds. The second-order valence-electron chi connectivity index (χ2n) is 9.16. The highest BCUT2D eigenvalue weighted by atomic mass is 16.5. The molecule has 6 nitrogen and oxygen atoms in total. The molecule has 6 heteroatoms. The Bertz CT molecular complexity index is 1360. The van der Waals surface area contributed by atoms with E-state index >= 15 is 0 Å². The maximum atomic E-state index is 13.0. The average Bonchev–Trinajstić information content (AvgIpc) is 3.18. The largest absolute Gasteiger partial charge is 0.454 e. The number of ether oxygens (including phenoxy) is 1. The van der Waals surface area contributed by atoms with Gasteiger partial charge in [0.1, 0.15) is 0 Å². The lowest BCUT2D eigenvalue weighted by atomic mass is 9.78. The number of carbonyl (C=O) groups excluding carboxylic acids is 4. The predicted molar refractivity (Wildman–Crippen MR) is 135 cm³/mol. The number of imide groups is 1. The normalized spacial score (nSPS) is 20.8. The van der Waals surface area contributed by atoms with Crippen molar-refractivity contribution in [2.45, 2.75) is 13.3 Å². The van der Waals surface area contributed by atoms with Crippen LogP contribution in [0.25, 0.3) is 11.1 Å². The van der Waals surface area contributed by atoms with Gasteiger partial charge in [0.15, 0.2) is 12.4 Å². The van der Waals surface area contributed by atoms with Gasteiger partial charge >= 0.3 is 5.97 Å². The zero-order valence-corrected chi connectivity index (χ0v) is 19.8. The van der Waals surface area contributed by atoms with Gasteiger partial charge in [-0.05, 0) is 41.7 Å². The molecule has 0 radical (unpaired) electrons. The number of hydrogen-bond acceptors (Lipinski definition) is 5. The molecule has 3 aromatic rings. The minimum absolute atomic E-state index is 0.0221. The average molecular weight is 480 g/mol. The van der Waals surface area contributed by atoms with Gasteiger partial charge in [-0.25, -0.2) is 4.79 Å². The summed E-state index contributed by atoms with van der Waals surface area (Å²) < 4.78 is 5.26. The van der Waals surface area contributed by atoms with Crippen LogP contribution in [-0.4, -0.2) is 30.2 Å². The first-order valence-electron chi connectivity index (χ1n) is 11.9. The van der Waals surface area contributed by atoms with Crippen molar-refractivity contribution in [2.24, 2.45) is 17.8 Å². The first-order chi connectivity index (χ1) is 17.4. The highest BCUT2D eigenvalue weighted by Crippen LogP contribution is 2.40. The lowest BCUT2D eigenvalue weighted by Gasteiger charge is -2.22. The maximum absolute atomic E-state index is 13.0. The fraction of sp³-hybridized carbons (Fsp3) is 0.200. The third kappa shape index (κ3) is 4.38. The van der Waals surface area contributed by atoms with E-state index in [9.17, 15) is 19.2 Å². The van der Waals surface area contributed by atoms with Crippen molar-refractivity contribution in [3.63, 3.8) is 0 Å². The summed E-state index contributed by atoms with van der Waals surface area (Å²) in [5.74, 6) is -2.30. The van der Waals surface area contributed by atoms with Crippen LogP contribution in [0, 0.1) is 17.8 Å². The molecular weight excluding hydrogens is 454 g/mol. The molecule has 1 fully saturated rings. The van der Waals surface area contributed by atoms with Crippen LogP contribution in [0.2, 0.25) is 0 Å². The molecule has 0 unspecified atom stereocenters. The summed E-state index contributed by atoms with van der Waals surface area (Å²) in [6.45, 7) is 1.52. The van der Waals surface area contributed by atoms with Crippen LogP contribution in [-0.2, 0) is 14.3 Å². The number of rotatable bonds is 6. The van der Waals surface area contributed by atoms with E-state index in [-0.39, 0.29) is 40.9 Å². The zero-order valence-electron chi connectivity index (χ0n) is 19.8. The molecule has 5 rings (SSSR count). The number of benzene rings is 3. The van der Waals surface area contributed by atoms with Gasteiger partial charge in [-0.3, -0.25) is 19.3 Å². The lowest BCUT2D eigenvalue weighted by molar-refractivity contribution is -0.122. The van der Waals surface area contributed by atoms with Gasteiger partial charge in [-0.1, -0.05) is 79.7 Å². The summed E-state index contributed by atoms with van der Waals surface area (Å²) in [7, 11) is 0. The van der Waals surface area contributed by atoms with Gasteiger partial charge in [0.05, 0.1) is 23.1 Å². The van der Waals surface area contributed by atoms with Crippen molar-refractivity contribution in [3.8, 4) is 11.1 Å². The van der Waals surface area contributed by atoms with Crippen molar-refractivity contribution in [3.05, 3.63) is 102 Å². The second-order valence-corrected chi connectivity index (χ2v) is 9.16. The van der Waals surface area contributed by atoms with Gasteiger partial charge in [0, 0.05) is 5.56 Å². The van der Waals surface area contributed by atoms with Crippen molar-refractivity contribution in [1.29, 1.82) is 0 Å². The third-order valence-electron chi connectivity index (χ3n) is 6.86. The summed E-state index contributed by atoms with van der Waals surface area (Å²) in [5, 5.41) is 0. The van der Waals surface area contributed by atoms with E-state index in [1.807, 2.05) is 61.5 Å². The molecule has 0 aromatic heterocycles. The number of Topliss-reactive ketones (excluding diaryl/α,β-unsaturated/α-hetero) is 1. The minimum atomic E-state index is -0.697. The molecule has 2 aliphatic rings. The van der Waals surface area contributed by atoms with E-state index in [1.165, 1.54) is 17.0 Å². The number of ketones is 1. The maximum Gasteiger partial charge on any atom is 0.338 e. The SMILES string of the molecule is C[C@H]1C=CC[C@@H]2C(=O)N(c3cccc(C(=O)OCC(=O)c4ccc(-c5ccccc5)cc4)c3)C(=O)[C@@H]21. The highest BCUT2D eigenvalue weighted by molar-refractivity contribution is 6.22. The molecule has 180 valence electrons. The van der Waals surface area contributed by atoms with Gasteiger partial charge in [0.2, 0.25) is 11.8 Å². The number of esters is 1. The number of hydrogen-bond donors (Lipinski definition) is 0. The van der Waals surface area contributed by atoms with Gasteiger partial charge < -0.3 is 4.74 Å². The van der Waals surface area contributed by atoms with Crippen LogP contribution in [0.4, 0.5) is 5.69 Å². The zero-order chi connectivity index (χ0) is 25.2. The van der Waals surface area contributed by atoms with E-state index in [1.54, 1.807) is 24.3 Å². The van der Waals surface area contributed by atoms with Crippen molar-refractivity contribution >= 4 is 29.3 Å². The highest BCUT2D eigenvalue weighted by Gasteiger charge is 2.50. The van der Waals surface area contributed by atoms with E-state index in [4.69, 9.17) is 4.74 Å². The molecule has 1 saturated heterocycles. The summed E-state index contributed by atoms with van der Waals surface area (Å²) >= 11 is 0. The molecule has 1 heterocycles. The molecule has 0 N–H and O–H groups in total. The molecule has 1 aliphatic carbocycles. The first-order valence-corrected chi connectivity index (χ1v) is 11.9. The van der Waals surface area contributed by atoms with Gasteiger partial charge in [0.25, 0.3) is 0 Å². The van der Waals surface area contributed by atoms with E-state index in [2.05, 4.69) is 0 Å². The summed E-state index contributed by atoms with van der Waals surface area (Å²) in [6, 6.07) is 23.2. The van der Waals surface area contributed by atoms with Gasteiger partial charge in [-0.15, -0.1) is 0 Å². The number of nitrogens with zero attached hydrogens (tertiary/aromatic N) is 1. The number of amides is 2. The number of fused-ring (bicyclic) bond motifs is 1. The van der Waals surface area contributed by atoms with Crippen molar-refractivity contribution < 1.29 is 23.9 Å². The van der Waals surface area contributed by atoms with Crippen LogP contribution in [0.1, 0.15) is 34.1 Å². The van der Waals surface area contributed by atoms with Gasteiger partial charge in [-0.2, -0.15) is 0 Å².